The van der Waals surface area contributed by atoms with E-state index in [0.717, 1.165) is 29.5 Å². The van der Waals surface area contributed by atoms with Gasteiger partial charge in [-0.2, -0.15) is 8.42 Å². The first-order chi connectivity index (χ1) is 23.0. The fourth-order valence-electron chi connectivity index (χ4n) is 7.63. The lowest BCUT2D eigenvalue weighted by Gasteiger charge is -2.21. The Morgan fingerprint density at radius 3 is 1.41 bits per heavy atom. The summed E-state index contributed by atoms with van der Waals surface area (Å²) >= 11 is 0. The maximum atomic E-state index is 12.8. The lowest BCUT2D eigenvalue weighted by Crippen LogP contribution is -2.15. The molecule has 5 rings (SSSR count). The molecule has 0 spiro atoms. The molecule has 1 aliphatic carbocycles. The van der Waals surface area contributed by atoms with Gasteiger partial charge in [-0.05, 0) is 146 Å². The Morgan fingerprint density at radius 1 is 0.633 bits per heavy atom. The monoisotopic (exact) mass is 671 g/mol. The van der Waals surface area contributed by atoms with Crippen LogP contribution < -0.4 is 0 Å². The molecule has 0 radical (unpaired) electrons. The highest BCUT2D eigenvalue weighted by atomic mass is 32.2. The van der Waals surface area contributed by atoms with Gasteiger partial charge in [0.2, 0.25) is 0 Å². The fraction of sp³-hybridized carbons (Fsp3) is 0.311. The highest BCUT2D eigenvalue weighted by molar-refractivity contribution is 7.89. The van der Waals surface area contributed by atoms with Gasteiger partial charge in [-0.15, -0.1) is 0 Å². The van der Waals surface area contributed by atoms with Crippen molar-refractivity contribution in [3.8, 4) is 0 Å². The maximum absolute atomic E-state index is 12.8. The van der Waals surface area contributed by atoms with E-state index >= 15 is 0 Å². The Balaban J connectivity index is 1.71. The molecule has 0 aromatic heterocycles. The largest absolute Gasteiger partial charge is 0.331 e. The van der Waals surface area contributed by atoms with Gasteiger partial charge in [-0.1, -0.05) is 75.2 Å². The normalized spacial score (nSPS) is 13.2. The minimum atomic E-state index is -4.49. The lowest BCUT2D eigenvalue weighted by molar-refractivity contribution is 0.487. The highest BCUT2D eigenvalue weighted by Gasteiger charge is 2.36. The molecule has 0 heterocycles. The molecule has 0 aliphatic heterocycles. The van der Waals surface area contributed by atoms with E-state index in [1.807, 2.05) is 12.2 Å². The molecule has 0 fully saturated rings. The van der Waals surface area contributed by atoms with Crippen molar-refractivity contribution < 1.29 is 13.0 Å². The Hall–Kier alpha value is -4.12. The molecule has 49 heavy (non-hydrogen) atoms. The van der Waals surface area contributed by atoms with Crippen molar-refractivity contribution in [3.63, 3.8) is 0 Å². The van der Waals surface area contributed by atoms with Crippen LogP contribution in [0, 0.1) is 46.8 Å². The van der Waals surface area contributed by atoms with Gasteiger partial charge in [0, 0.05) is 35.4 Å². The van der Waals surface area contributed by atoms with E-state index < -0.39 is 10.1 Å². The minimum Gasteiger partial charge on any atom is -0.274 e. The van der Waals surface area contributed by atoms with Gasteiger partial charge < -0.3 is 0 Å². The zero-order chi connectivity index (χ0) is 35.8. The number of allylic oxidation sites excluding steroid dienone is 3. The minimum absolute atomic E-state index is 0.0906. The average molecular weight is 672 g/mol. The van der Waals surface area contributed by atoms with Crippen LogP contribution in [0.4, 0.5) is 0 Å². The third-order valence-electron chi connectivity index (χ3n) is 9.96. The highest BCUT2D eigenvalue weighted by Crippen LogP contribution is 2.40. The topological polar surface area (TPSA) is 54.4 Å². The van der Waals surface area contributed by atoms with E-state index in [0.29, 0.717) is 5.57 Å². The van der Waals surface area contributed by atoms with Crippen LogP contribution in [0.1, 0.15) is 117 Å². The van der Waals surface area contributed by atoms with Crippen LogP contribution in [0.15, 0.2) is 90.5 Å². The standard InChI is InChI=1S/C45H50O3S/c1-27(2)40-25-37(17-15-35(40)23-42-31(7)19-29(5)20-32(42)8)45(39-13-11-12-14-44(39)49(46,47)48)38-18-16-36(41(26-38)28(3)4)24-43-33(9)21-30(6)22-34(43)10/h11-22,25-28H,23-24H2,1-10H3/p+1. The summed E-state index contributed by atoms with van der Waals surface area (Å²) in [7, 11) is -4.49. The summed E-state index contributed by atoms with van der Waals surface area (Å²) in [6, 6.07) is 22.1. The van der Waals surface area contributed by atoms with Crippen LogP contribution in [0.25, 0.3) is 5.57 Å². The number of benzene rings is 4. The summed E-state index contributed by atoms with van der Waals surface area (Å²) in [6.45, 7) is 21.9. The van der Waals surface area contributed by atoms with Gasteiger partial charge in [0.1, 0.15) is 5.57 Å². The molecule has 0 saturated carbocycles. The van der Waals surface area contributed by atoms with E-state index in [4.69, 9.17) is 0 Å². The van der Waals surface area contributed by atoms with Crippen LogP contribution in [0.2, 0.25) is 0 Å². The third kappa shape index (κ3) is 7.87. The van der Waals surface area contributed by atoms with Crippen molar-refractivity contribution >= 4 is 15.7 Å². The van der Waals surface area contributed by atoms with E-state index in [1.165, 1.54) is 72.8 Å². The quantitative estimate of drug-likeness (QED) is 0.142. The molecule has 4 heteroatoms. The van der Waals surface area contributed by atoms with Crippen molar-refractivity contribution in [2.45, 2.75) is 93.9 Å². The molecule has 1 N–H and O–H groups in total. The molecule has 0 amide bonds. The Bertz CT molecular complexity index is 1940. The van der Waals surface area contributed by atoms with Crippen LogP contribution in [-0.2, 0) is 23.0 Å². The predicted octanol–water partition coefficient (Wildman–Crippen LogP) is 11.3. The number of aryl methyl sites for hydroxylation is 6. The summed E-state index contributed by atoms with van der Waals surface area (Å²) < 4.78 is 36.0. The summed E-state index contributed by atoms with van der Waals surface area (Å²) in [5.41, 5.74) is 18.5. The van der Waals surface area contributed by atoms with E-state index in [-0.39, 0.29) is 17.1 Å². The van der Waals surface area contributed by atoms with E-state index in [2.05, 4.69) is 130 Å². The molecular weight excluding hydrogens is 621 g/mol. The number of rotatable bonds is 9. The Morgan fingerprint density at radius 2 is 1.04 bits per heavy atom. The molecule has 0 saturated heterocycles. The van der Waals surface area contributed by atoms with Crippen LogP contribution in [0.3, 0.4) is 0 Å². The van der Waals surface area contributed by atoms with Crippen LogP contribution in [0.5, 0.6) is 0 Å². The van der Waals surface area contributed by atoms with Crippen molar-refractivity contribution in [1.82, 2.24) is 0 Å². The van der Waals surface area contributed by atoms with Crippen molar-refractivity contribution in [2.24, 2.45) is 0 Å². The third-order valence-corrected chi connectivity index (χ3v) is 10.9. The lowest BCUT2D eigenvalue weighted by atomic mass is 9.82. The zero-order valence-electron chi connectivity index (χ0n) is 30.8. The molecule has 3 nitrogen and oxygen atoms in total. The summed E-state index contributed by atoms with van der Waals surface area (Å²) in [6.07, 6.45) is 8.45. The first-order valence-corrected chi connectivity index (χ1v) is 18.8. The second-order valence-corrected chi connectivity index (χ2v) is 16.0. The first kappa shape index (κ1) is 36.2. The van der Waals surface area contributed by atoms with Gasteiger partial charge in [0.15, 0.2) is 5.25 Å². The Labute approximate surface area is 295 Å². The summed E-state index contributed by atoms with van der Waals surface area (Å²) in [5, 5.41) is -0.0906. The number of hydrogen-bond acceptors (Lipinski definition) is 2. The van der Waals surface area contributed by atoms with Gasteiger partial charge >= 0.3 is 10.1 Å². The first-order valence-electron chi connectivity index (χ1n) is 17.4. The van der Waals surface area contributed by atoms with Gasteiger partial charge in [-0.3, -0.25) is 4.55 Å². The molecule has 0 bridgehead atoms. The Kier molecular flexibility index (Phi) is 10.6. The molecule has 0 atom stereocenters. The predicted molar refractivity (Wildman–Crippen MR) is 207 cm³/mol. The summed E-state index contributed by atoms with van der Waals surface area (Å²) in [5.74, 6) is 0.488. The molecule has 0 unspecified atom stereocenters. The molecule has 4 aromatic carbocycles. The average Bonchev–Trinajstić information content (AvgIpc) is 3.01. The molecule has 254 valence electrons. The van der Waals surface area contributed by atoms with E-state index in [1.54, 1.807) is 6.08 Å². The van der Waals surface area contributed by atoms with E-state index in [9.17, 15) is 13.0 Å². The van der Waals surface area contributed by atoms with Gasteiger partial charge in [-0.25, -0.2) is 0 Å². The van der Waals surface area contributed by atoms with Gasteiger partial charge in [0.05, 0.1) is 5.57 Å². The maximum Gasteiger partial charge on any atom is 0.331 e. The molecular formula is C45H51O3S+. The second kappa shape index (κ2) is 14.4. The smallest absolute Gasteiger partial charge is 0.274 e. The summed E-state index contributed by atoms with van der Waals surface area (Å²) in [4.78, 5) is 0. The van der Waals surface area contributed by atoms with Crippen molar-refractivity contribution in [2.75, 3.05) is 0 Å². The fourth-order valence-corrected chi connectivity index (χ4v) is 8.33. The van der Waals surface area contributed by atoms with Crippen LogP contribution >= 0.6 is 0 Å². The van der Waals surface area contributed by atoms with Gasteiger partial charge in [0.25, 0.3) is 0 Å². The number of hydrogen-bond donors (Lipinski definition) is 1. The van der Waals surface area contributed by atoms with Crippen LogP contribution in [-0.4, -0.2) is 13.0 Å². The van der Waals surface area contributed by atoms with Crippen molar-refractivity contribution in [3.05, 3.63) is 174 Å². The van der Waals surface area contributed by atoms with Crippen molar-refractivity contribution in [1.29, 1.82) is 0 Å². The SMILES string of the molecule is Cc1cc(C)c(Cc2ccc(C(=C3C=CC=C[C+]3S(=O)(=O)O)c3ccc(Cc4c(C)cc(C)cc4C)c(C(C)C)c3)cc2C(C)C)c(C)c1. The zero-order valence-corrected chi connectivity index (χ0v) is 31.6. The molecule has 4 aromatic rings. The molecule has 1 aliphatic rings. The second-order valence-electron chi connectivity index (χ2n) is 14.6.